The van der Waals surface area contributed by atoms with Gasteiger partial charge in [0.15, 0.2) is 0 Å². The fourth-order valence-electron chi connectivity index (χ4n) is 5.38. The SMILES string of the molecule is CC(=O)C(CO)N1CCC(Cn2ccc3c(N(Cc4ccc(C(F)(F)F)cc4)C4CC4)ncnc32)C(O)C1. The second-order valence-corrected chi connectivity index (χ2v) is 10.4. The zero-order valence-corrected chi connectivity index (χ0v) is 21.2. The van der Waals surface area contributed by atoms with Gasteiger partial charge >= 0.3 is 6.18 Å². The van der Waals surface area contributed by atoms with Gasteiger partial charge in [0.2, 0.25) is 0 Å². The third-order valence-electron chi connectivity index (χ3n) is 7.70. The predicted molar refractivity (Wildman–Crippen MR) is 135 cm³/mol. The number of aliphatic hydroxyl groups is 2. The minimum atomic E-state index is -4.37. The van der Waals surface area contributed by atoms with Gasteiger partial charge in [0.05, 0.1) is 29.7 Å². The lowest BCUT2D eigenvalue weighted by atomic mass is 9.92. The summed E-state index contributed by atoms with van der Waals surface area (Å²) in [6.07, 6.45) is 1.07. The molecule has 0 spiro atoms. The summed E-state index contributed by atoms with van der Waals surface area (Å²) in [5.74, 6) is 0.590. The number of β-amino-alcohol motifs (C(OH)–C–C–N with tert-alkyl or cyclic N) is 1. The molecule has 11 heteroatoms. The second kappa shape index (κ2) is 10.6. The third kappa shape index (κ3) is 5.55. The van der Waals surface area contributed by atoms with Crippen molar-refractivity contribution in [1.82, 2.24) is 19.4 Å². The van der Waals surface area contributed by atoms with Crippen molar-refractivity contribution in [3.05, 3.63) is 54.0 Å². The van der Waals surface area contributed by atoms with E-state index in [1.54, 1.807) is 0 Å². The average molecular weight is 532 g/mol. The van der Waals surface area contributed by atoms with E-state index >= 15 is 0 Å². The van der Waals surface area contributed by atoms with Crippen LogP contribution in [0.5, 0.6) is 0 Å². The van der Waals surface area contributed by atoms with Crippen molar-refractivity contribution in [2.24, 2.45) is 5.92 Å². The monoisotopic (exact) mass is 531 g/mol. The Morgan fingerprint density at radius 2 is 1.89 bits per heavy atom. The molecule has 2 N–H and O–H groups in total. The van der Waals surface area contributed by atoms with E-state index in [2.05, 4.69) is 14.9 Å². The van der Waals surface area contributed by atoms with Gasteiger partial charge in [-0.2, -0.15) is 13.2 Å². The molecule has 1 saturated heterocycles. The maximum absolute atomic E-state index is 13.0. The number of piperidine rings is 1. The highest BCUT2D eigenvalue weighted by molar-refractivity contribution is 5.88. The summed E-state index contributed by atoms with van der Waals surface area (Å²) < 4.78 is 41.0. The van der Waals surface area contributed by atoms with Crippen LogP contribution in [0.1, 0.15) is 37.3 Å². The molecule has 3 unspecified atom stereocenters. The van der Waals surface area contributed by atoms with Gasteiger partial charge < -0.3 is 19.7 Å². The Balaban J connectivity index is 1.33. The summed E-state index contributed by atoms with van der Waals surface area (Å²) in [7, 11) is 0. The lowest BCUT2D eigenvalue weighted by Crippen LogP contribution is -2.52. The Hall–Kier alpha value is -3.02. The molecule has 2 fully saturated rings. The minimum Gasteiger partial charge on any atom is -0.394 e. The van der Waals surface area contributed by atoms with Crippen molar-refractivity contribution in [1.29, 1.82) is 0 Å². The van der Waals surface area contributed by atoms with Crippen LogP contribution in [0.15, 0.2) is 42.9 Å². The second-order valence-electron chi connectivity index (χ2n) is 10.4. The zero-order chi connectivity index (χ0) is 27.0. The van der Waals surface area contributed by atoms with Crippen molar-refractivity contribution in [3.8, 4) is 0 Å². The number of aliphatic hydroxyl groups excluding tert-OH is 2. The Morgan fingerprint density at radius 1 is 1.16 bits per heavy atom. The standard InChI is InChI=1S/C27H32F3N5O3/c1-17(37)23(15-36)33-10-8-19(24(38)14-33)13-34-11-9-22-25(34)31-16-32-26(22)35(21-6-7-21)12-18-2-4-20(5-3-18)27(28,29)30/h2-5,9,11,16,19,21,23-24,36,38H,6-8,10,12-15H2,1H3. The van der Waals surface area contributed by atoms with Crippen molar-refractivity contribution in [3.63, 3.8) is 0 Å². The number of fused-ring (bicyclic) bond motifs is 1. The molecule has 0 amide bonds. The Bertz CT molecular complexity index is 1280. The van der Waals surface area contributed by atoms with Gasteiger partial charge in [-0.1, -0.05) is 12.1 Å². The molecule has 8 nitrogen and oxygen atoms in total. The van der Waals surface area contributed by atoms with E-state index in [0.29, 0.717) is 32.6 Å². The van der Waals surface area contributed by atoms with Gasteiger partial charge in [-0.15, -0.1) is 0 Å². The van der Waals surface area contributed by atoms with E-state index in [-0.39, 0.29) is 24.3 Å². The Labute approximate surface area is 218 Å². The van der Waals surface area contributed by atoms with Crippen LogP contribution in [0.2, 0.25) is 0 Å². The number of likely N-dealkylation sites (tertiary alicyclic amines) is 1. The molecule has 1 saturated carbocycles. The number of halogens is 3. The minimum absolute atomic E-state index is 0.0433. The summed E-state index contributed by atoms with van der Waals surface area (Å²) >= 11 is 0. The summed E-state index contributed by atoms with van der Waals surface area (Å²) in [6.45, 7) is 3.09. The van der Waals surface area contributed by atoms with Gasteiger partial charge in [0.25, 0.3) is 0 Å². The van der Waals surface area contributed by atoms with Crippen molar-refractivity contribution in [2.45, 2.75) is 63.6 Å². The highest BCUT2D eigenvalue weighted by atomic mass is 19.4. The summed E-state index contributed by atoms with van der Waals surface area (Å²) in [5, 5.41) is 21.3. The van der Waals surface area contributed by atoms with Crippen LogP contribution < -0.4 is 4.90 Å². The molecule has 1 aliphatic carbocycles. The summed E-state index contributed by atoms with van der Waals surface area (Å²) in [4.78, 5) is 24.9. The van der Waals surface area contributed by atoms with E-state index < -0.39 is 23.9 Å². The van der Waals surface area contributed by atoms with E-state index in [1.165, 1.54) is 25.4 Å². The molecule has 3 atom stereocenters. The van der Waals surface area contributed by atoms with Crippen LogP contribution in [0.3, 0.4) is 0 Å². The first-order chi connectivity index (χ1) is 18.2. The Morgan fingerprint density at radius 3 is 2.50 bits per heavy atom. The van der Waals surface area contributed by atoms with Crippen molar-refractivity contribution in [2.75, 3.05) is 24.6 Å². The number of ketones is 1. The summed E-state index contributed by atoms with van der Waals surface area (Å²) in [5.41, 5.74) is 0.847. The Kier molecular flexibility index (Phi) is 7.43. The van der Waals surface area contributed by atoms with Gasteiger partial charge in [0, 0.05) is 37.8 Å². The largest absolute Gasteiger partial charge is 0.416 e. The molecule has 204 valence electrons. The van der Waals surface area contributed by atoms with Crippen molar-refractivity contribution < 1.29 is 28.2 Å². The molecule has 1 aliphatic heterocycles. The highest BCUT2D eigenvalue weighted by Gasteiger charge is 2.35. The smallest absolute Gasteiger partial charge is 0.394 e. The fraction of sp³-hybridized carbons (Fsp3) is 0.519. The molecular formula is C27H32F3N5O3. The first kappa shape index (κ1) is 26.6. The number of hydrogen-bond donors (Lipinski definition) is 2. The number of rotatable bonds is 9. The number of aromatic nitrogens is 3. The van der Waals surface area contributed by atoms with E-state index in [4.69, 9.17) is 0 Å². The maximum Gasteiger partial charge on any atom is 0.416 e. The van der Waals surface area contributed by atoms with Gasteiger partial charge in [-0.05, 0) is 56.5 Å². The number of Topliss-reactive ketones (excluding diaryl/α,β-unsaturated/α-hetero) is 1. The molecule has 1 aromatic carbocycles. The van der Waals surface area contributed by atoms with Gasteiger partial charge in [0.1, 0.15) is 23.6 Å². The number of nitrogens with zero attached hydrogens (tertiary/aromatic N) is 5. The van der Waals surface area contributed by atoms with Crippen molar-refractivity contribution >= 4 is 22.6 Å². The van der Waals surface area contributed by atoms with E-state index in [9.17, 15) is 28.2 Å². The zero-order valence-electron chi connectivity index (χ0n) is 21.2. The number of carbonyl (C=O) groups is 1. The first-order valence-electron chi connectivity index (χ1n) is 12.9. The molecule has 3 aromatic rings. The fourth-order valence-corrected chi connectivity index (χ4v) is 5.38. The maximum atomic E-state index is 13.0. The van der Waals surface area contributed by atoms with Crippen LogP contribution in [-0.2, 0) is 24.1 Å². The van der Waals surface area contributed by atoms with Crippen LogP contribution in [0, 0.1) is 5.92 Å². The molecule has 0 bridgehead atoms. The molecular weight excluding hydrogens is 499 g/mol. The quantitative estimate of drug-likeness (QED) is 0.438. The van der Waals surface area contributed by atoms with Crippen LogP contribution >= 0.6 is 0 Å². The normalized spacial score (nSPS) is 21.5. The summed E-state index contributed by atoms with van der Waals surface area (Å²) in [6, 6.07) is 6.89. The lowest BCUT2D eigenvalue weighted by molar-refractivity contribution is -0.137. The lowest BCUT2D eigenvalue weighted by Gasteiger charge is -2.39. The topological polar surface area (TPSA) is 94.7 Å². The number of hydrogen-bond acceptors (Lipinski definition) is 7. The van der Waals surface area contributed by atoms with Crippen LogP contribution in [0.25, 0.3) is 11.0 Å². The van der Waals surface area contributed by atoms with Gasteiger partial charge in [-0.3, -0.25) is 9.69 Å². The predicted octanol–water partition coefficient (Wildman–Crippen LogP) is 3.25. The molecule has 2 aromatic heterocycles. The number of anilines is 1. The molecule has 5 rings (SSSR count). The number of benzene rings is 1. The molecule has 3 heterocycles. The van der Waals surface area contributed by atoms with E-state index in [0.717, 1.165) is 47.4 Å². The molecule has 0 radical (unpaired) electrons. The molecule has 2 aliphatic rings. The third-order valence-corrected chi connectivity index (χ3v) is 7.70. The van der Waals surface area contributed by atoms with Gasteiger partial charge in [-0.25, -0.2) is 9.97 Å². The number of alkyl halides is 3. The highest BCUT2D eigenvalue weighted by Crippen LogP contribution is 2.36. The first-order valence-corrected chi connectivity index (χ1v) is 12.9. The van der Waals surface area contributed by atoms with Crippen LogP contribution in [-0.4, -0.2) is 73.3 Å². The number of carbonyl (C=O) groups excluding carboxylic acids is 1. The van der Waals surface area contributed by atoms with Crippen LogP contribution in [0.4, 0.5) is 19.0 Å². The molecule has 38 heavy (non-hydrogen) atoms. The average Bonchev–Trinajstić information content (AvgIpc) is 3.64. The van der Waals surface area contributed by atoms with E-state index in [1.807, 2.05) is 21.7 Å².